The van der Waals surface area contributed by atoms with Gasteiger partial charge in [-0.25, -0.2) is 0 Å². The van der Waals surface area contributed by atoms with E-state index in [4.69, 9.17) is 16.3 Å². The van der Waals surface area contributed by atoms with E-state index in [0.29, 0.717) is 27.4 Å². The molecule has 1 aromatic heterocycles. The van der Waals surface area contributed by atoms with Crippen molar-refractivity contribution in [3.8, 4) is 5.75 Å². The Morgan fingerprint density at radius 3 is 2.73 bits per heavy atom. The van der Waals surface area contributed by atoms with E-state index in [0.717, 1.165) is 11.4 Å². The smallest absolute Gasteiger partial charge is 0.261 e. The average molecular weight is 388 g/mol. The van der Waals surface area contributed by atoms with Gasteiger partial charge in [0.2, 0.25) is 5.13 Å². The number of carbonyl (C=O) groups is 1. The Kier molecular flexibility index (Phi) is 5.85. The Balaban J connectivity index is 1.69. The van der Waals surface area contributed by atoms with E-state index >= 15 is 0 Å². The summed E-state index contributed by atoms with van der Waals surface area (Å²) in [5.74, 6) is 0.443. The third-order valence-corrected chi connectivity index (χ3v) is 5.04. The molecule has 134 valence electrons. The molecule has 1 unspecified atom stereocenters. The van der Waals surface area contributed by atoms with Gasteiger partial charge in [-0.1, -0.05) is 60.2 Å². The number of hydrogen-bond acceptors (Lipinski definition) is 5. The maximum Gasteiger partial charge on any atom is 0.261 e. The van der Waals surface area contributed by atoms with Gasteiger partial charge in [-0.15, -0.1) is 10.2 Å². The standard InChI is InChI=1S/C19H18ClN3O2S/c1-12(13-6-4-3-5-7-13)10-17-22-23-19(26-17)21-18(24)15-11-14(20)8-9-16(15)25-2/h3-9,11-12H,10H2,1-2H3,(H,21,23,24). The number of aromatic nitrogens is 2. The van der Waals surface area contributed by atoms with Gasteiger partial charge in [-0.3, -0.25) is 10.1 Å². The first-order chi connectivity index (χ1) is 12.6. The summed E-state index contributed by atoms with van der Waals surface area (Å²) in [5.41, 5.74) is 1.60. The first-order valence-corrected chi connectivity index (χ1v) is 9.28. The maximum atomic E-state index is 12.5. The molecule has 0 aliphatic carbocycles. The molecule has 0 saturated carbocycles. The fraction of sp³-hybridized carbons (Fsp3) is 0.211. The zero-order valence-electron chi connectivity index (χ0n) is 14.4. The van der Waals surface area contributed by atoms with Gasteiger partial charge in [0.1, 0.15) is 10.8 Å². The Bertz CT molecular complexity index is 899. The molecule has 0 bridgehead atoms. The van der Waals surface area contributed by atoms with Crippen molar-refractivity contribution in [1.82, 2.24) is 10.2 Å². The second-order valence-corrected chi connectivity index (χ2v) is 7.31. The first kappa shape index (κ1) is 18.4. The van der Waals surface area contributed by atoms with Gasteiger partial charge in [0.05, 0.1) is 12.7 Å². The van der Waals surface area contributed by atoms with Crippen LogP contribution in [0.25, 0.3) is 0 Å². The van der Waals surface area contributed by atoms with Crippen LogP contribution in [0.2, 0.25) is 5.02 Å². The zero-order chi connectivity index (χ0) is 18.5. The van der Waals surface area contributed by atoms with Crippen molar-refractivity contribution >= 4 is 34.0 Å². The molecule has 7 heteroatoms. The minimum atomic E-state index is -0.330. The van der Waals surface area contributed by atoms with E-state index < -0.39 is 0 Å². The van der Waals surface area contributed by atoms with Gasteiger partial charge in [0, 0.05) is 11.4 Å². The lowest BCUT2D eigenvalue weighted by Crippen LogP contribution is -2.13. The van der Waals surface area contributed by atoms with Crippen LogP contribution in [-0.2, 0) is 6.42 Å². The van der Waals surface area contributed by atoms with Crippen molar-refractivity contribution in [3.63, 3.8) is 0 Å². The number of nitrogens with zero attached hydrogens (tertiary/aromatic N) is 2. The number of hydrogen-bond donors (Lipinski definition) is 1. The SMILES string of the molecule is COc1ccc(Cl)cc1C(=O)Nc1nnc(CC(C)c2ccccc2)s1. The van der Waals surface area contributed by atoms with Crippen molar-refractivity contribution in [3.05, 3.63) is 69.7 Å². The van der Waals surface area contributed by atoms with Gasteiger partial charge in [-0.2, -0.15) is 0 Å². The van der Waals surface area contributed by atoms with E-state index in [1.165, 1.54) is 24.0 Å². The maximum absolute atomic E-state index is 12.5. The Morgan fingerprint density at radius 2 is 2.00 bits per heavy atom. The van der Waals surface area contributed by atoms with Gasteiger partial charge in [0.25, 0.3) is 5.91 Å². The highest BCUT2D eigenvalue weighted by atomic mass is 35.5. The van der Waals surface area contributed by atoms with Crippen LogP contribution in [0.3, 0.4) is 0 Å². The van der Waals surface area contributed by atoms with Crippen LogP contribution in [0.5, 0.6) is 5.75 Å². The van der Waals surface area contributed by atoms with Crippen LogP contribution >= 0.6 is 22.9 Å². The fourth-order valence-corrected chi connectivity index (χ4v) is 3.61. The topological polar surface area (TPSA) is 64.1 Å². The van der Waals surface area contributed by atoms with E-state index in [1.54, 1.807) is 18.2 Å². The minimum absolute atomic E-state index is 0.320. The molecule has 26 heavy (non-hydrogen) atoms. The molecule has 1 atom stereocenters. The van der Waals surface area contributed by atoms with E-state index in [-0.39, 0.29) is 5.91 Å². The second kappa shape index (κ2) is 8.29. The van der Waals surface area contributed by atoms with Crippen LogP contribution in [-0.4, -0.2) is 23.2 Å². The minimum Gasteiger partial charge on any atom is -0.496 e. The van der Waals surface area contributed by atoms with Gasteiger partial charge in [0.15, 0.2) is 0 Å². The highest BCUT2D eigenvalue weighted by molar-refractivity contribution is 7.15. The molecule has 3 aromatic rings. The lowest BCUT2D eigenvalue weighted by molar-refractivity contribution is 0.102. The molecule has 3 rings (SSSR count). The summed E-state index contributed by atoms with van der Waals surface area (Å²) in [6.07, 6.45) is 0.762. The Hall–Kier alpha value is -2.44. The largest absolute Gasteiger partial charge is 0.496 e. The predicted octanol–water partition coefficient (Wildman–Crippen LogP) is 4.80. The number of rotatable bonds is 6. The highest BCUT2D eigenvalue weighted by Crippen LogP contribution is 2.26. The lowest BCUT2D eigenvalue weighted by Gasteiger charge is -2.09. The Labute approximate surface area is 161 Å². The summed E-state index contributed by atoms with van der Waals surface area (Å²) < 4.78 is 5.21. The molecule has 2 aromatic carbocycles. The summed E-state index contributed by atoms with van der Waals surface area (Å²) in [6.45, 7) is 2.14. The summed E-state index contributed by atoms with van der Waals surface area (Å²) in [5, 5.41) is 12.8. The number of halogens is 1. The van der Waals surface area contributed by atoms with Gasteiger partial charge < -0.3 is 4.74 Å². The lowest BCUT2D eigenvalue weighted by atomic mass is 9.98. The molecule has 0 aliphatic heterocycles. The molecule has 0 spiro atoms. The fourth-order valence-electron chi connectivity index (χ4n) is 2.57. The molecule has 1 heterocycles. The van der Waals surface area contributed by atoms with Crippen molar-refractivity contribution < 1.29 is 9.53 Å². The molecule has 0 saturated heterocycles. The molecular formula is C19H18ClN3O2S. The number of ether oxygens (including phenoxy) is 1. The van der Waals surface area contributed by atoms with Crippen LogP contribution in [0, 0.1) is 0 Å². The second-order valence-electron chi connectivity index (χ2n) is 5.82. The number of carbonyl (C=O) groups excluding carboxylic acids is 1. The van der Waals surface area contributed by atoms with Crippen LogP contribution in [0.1, 0.15) is 33.8 Å². The van der Waals surface area contributed by atoms with Gasteiger partial charge >= 0.3 is 0 Å². The number of nitrogens with one attached hydrogen (secondary N) is 1. The molecular weight excluding hydrogens is 370 g/mol. The molecule has 1 N–H and O–H groups in total. The van der Waals surface area contributed by atoms with Crippen LogP contribution < -0.4 is 10.1 Å². The van der Waals surface area contributed by atoms with Crippen molar-refractivity contribution in [2.45, 2.75) is 19.3 Å². The van der Waals surface area contributed by atoms with Crippen molar-refractivity contribution in [1.29, 1.82) is 0 Å². The molecule has 0 fully saturated rings. The monoisotopic (exact) mass is 387 g/mol. The number of benzene rings is 2. The summed E-state index contributed by atoms with van der Waals surface area (Å²) in [7, 11) is 1.51. The molecule has 0 aliphatic rings. The summed E-state index contributed by atoms with van der Waals surface area (Å²) in [4.78, 5) is 12.5. The van der Waals surface area contributed by atoms with Crippen LogP contribution in [0.4, 0.5) is 5.13 Å². The van der Waals surface area contributed by atoms with Gasteiger partial charge in [-0.05, 0) is 29.7 Å². The average Bonchev–Trinajstić information content (AvgIpc) is 3.09. The van der Waals surface area contributed by atoms with Crippen molar-refractivity contribution in [2.75, 3.05) is 12.4 Å². The number of amides is 1. The number of anilines is 1. The summed E-state index contributed by atoms with van der Waals surface area (Å²) in [6, 6.07) is 15.1. The zero-order valence-corrected chi connectivity index (χ0v) is 16.0. The third kappa shape index (κ3) is 4.39. The van der Waals surface area contributed by atoms with E-state index in [9.17, 15) is 4.79 Å². The first-order valence-electron chi connectivity index (χ1n) is 8.09. The van der Waals surface area contributed by atoms with E-state index in [1.807, 2.05) is 18.2 Å². The van der Waals surface area contributed by atoms with Crippen LogP contribution in [0.15, 0.2) is 48.5 Å². The Morgan fingerprint density at radius 1 is 1.23 bits per heavy atom. The molecule has 5 nitrogen and oxygen atoms in total. The predicted molar refractivity (Wildman–Crippen MR) is 104 cm³/mol. The third-order valence-electron chi connectivity index (χ3n) is 3.94. The summed E-state index contributed by atoms with van der Waals surface area (Å²) >= 11 is 7.35. The normalized spacial score (nSPS) is 11.8. The molecule has 0 radical (unpaired) electrons. The quantitative estimate of drug-likeness (QED) is 0.659. The van der Waals surface area contributed by atoms with Crippen molar-refractivity contribution in [2.24, 2.45) is 0 Å². The highest BCUT2D eigenvalue weighted by Gasteiger charge is 2.16. The molecule has 1 amide bonds. The van der Waals surface area contributed by atoms with E-state index in [2.05, 4.69) is 34.6 Å². The number of methoxy groups -OCH3 is 1.